The van der Waals surface area contributed by atoms with Gasteiger partial charge in [0, 0.05) is 31.6 Å². The number of thiophene rings is 1. The number of aliphatic hydroxyl groups is 1. The second-order valence-electron chi connectivity index (χ2n) is 6.93. The zero-order valence-electron chi connectivity index (χ0n) is 13.7. The van der Waals surface area contributed by atoms with E-state index in [1.54, 1.807) is 11.3 Å². The highest BCUT2D eigenvalue weighted by Gasteiger charge is 2.31. The molecule has 1 aliphatic carbocycles. The van der Waals surface area contributed by atoms with Crippen LogP contribution in [0.5, 0.6) is 0 Å². The molecule has 2 fully saturated rings. The molecule has 128 valence electrons. The van der Waals surface area contributed by atoms with Gasteiger partial charge in [-0.1, -0.05) is 12.8 Å². The number of nitrogens with one attached hydrogen (secondary N) is 1. The lowest BCUT2D eigenvalue weighted by atomic mass is 9.89. The van der Waals surface area contributed by atoms with Crippen molar-refractivity contribution < 1.29 is 9.90 Å². The van der Waals surface area contributed by atoms with Crippen molar-refractivity contribution in [2.45, 2.75) is 69.6 Å². The Kier molecular flexibility index (Phi) is 6.08. The molecule has 3 rings (SSSR count). The van der Waals surface area contributed by atoms with Crippen molar-refractivity contribution in [1.29, 1.82) is 0 Å². The summed E-state index contributed by atoms with van der Waals surface area (Å²) >= 11 is 1.68. The van der Waals surface area contributed by atoms with Crippen LogP contribution in [-0.4, -0.2) is 47.2 Å². The third-order valence-corrected chi connectivity index (χ3v) is 6.01. The Morgan fingerprint density at radius 2 is 2.04 bits per heavy atom. The quantitative estimate of drug-likeness (QED) is 0.869. The fourth-order valence-corrected chi connectivity index (χ4v) is 4.59. The highest BCUT2D eigenvalue weighted by Crippen LogP contribution is 2.25. The number of nitrogens with zero attached hydrogens (tertiary/aromatic N) is 1. The van der Waals surface area contributed by atoms with E-state index in [1.165, 1.54) is 12.0 Å². The van der Waals surface area contributed by atoms with E-state index < -0.39 is 0 Å². The van der Waals surface area contributed by atoms with Crippen molar-refractivity contribution in [3.05, 3.63) is 22.4 Å². The van der Waals surface area contributed by atoms with Crippen molar-refractivity contribution >= 4 is 17.2 Å². The number of amides is 1. The number of piperidine rings is 1. The lowest BCUT2D eigenvalue weighted by molar-refractivity contribution is -0.122. The summed E-state index contributed by atoms with van der Waals surface area (Å²) in [5.74, 6) is 0.173. The standard InChI is InChI=1S/C18H28N2O2S/c21-17-4-2-1-3-16(17)20-10-7-15(8-11-20)19-18(22)6-5-14-9-12-23-13-14/h9,12-13,15-17,21H,1-8,10-11H2,(H,19,22). The summed E-state index contributed by atoms with van der Waals surface area (Å²) in [6, 6.07) is 2.74. The topological polar surface area (TPSA) is 52.6 Å². The van der Waals surface area contributed by atoms with Gasteiger partial charge in [0.05, 0.1) is 6.10 Å². The smallest absolute Gasteiger partial charge is 0.220 e. The van der Waals surface area contributed by atoms with Gasteiger partial charge in [0.1, 0.15) is 0 Å². The molecule has 1 aliphatic heterocycles. The molecule has 2 heterocycles. The van der Waals surface area contributed by atoms with Crippen LogP contribution in [0.2, 0.25) is 0 Å². The van der Waals surface area contributed by atoms with Crippen LogP contribution < -0.4 is 5.32 Å². The number of rotatable bonds is 5. The average molecular weight is 337 g/mol. The third-order valence-electron chi connectivity index (χ3n) is 5.28. The van der Waals surface area contributed by atoms with Crippen LogP contribution in [0.4, 0.5) is 0 Å². The molecule has 0 spiro atoms. The second kappa shape index (κ2) is 8.27. The molecule has 1 aromatic rings. The van der Waals surface area contributed by atoms with Crippen molar-refractivity contribution in [1.82, 2.24) is 10.2 Å². The summed E-state index contributed by atoms with van der Waals surface area (Å²) in [5.41, 5.74) is 1.26. The molecule has 0 bridgehead atoms. The van der Waals surface area contributed by atoms with E-state index in [0.29, 0.717) is 18.5 Å². The van der Waals surface area contributed by atoms with Crippen molar-refractivity contribution in [2.75, 3.05) is 13.1 Å². The summed E-state index contributed by atoms with van der Waals surface area (Å²) in [6.45, 7) is 1.99. The van der Waals surface area contributed by atoms with Gasteiger partial charge in [0.25, 0.3) is 0 Å². The number of hydrogen-bond acceptors (Lipinski definition) is 4. The van der Waals surface area contributed by atoms with Crippen molar-refractivity contribution in [3.8, 4) is 0 Å². The first-order chi connectivity index (χ1) is 11.2. The highest BCUT2D eigenvalue weighted by molar-refractivity contribution is 7.07. The van der Waals surface area contributed by atoms with Gasteiger partial charge in [0.2, 0.25) is 5.91 Å². The largest absolute Gasteiger partial charge is 0.391 e. The Morgan fingerprint density at radius 1 is 1.26 bits per heavy atom. The fourth-order valence-electron chi connectivity index (χ4n) is 3.89. The molecule has 0 radical (unpaired) electrons. The maximum absolute atomic E-state index is 12.1. The molecule has 2 aliphatic rings. The highest BCUT2D eigenvalue weighted by atomic mass is 32.1. The summed E-state index contributed by atoms with van der Waals surface area (Å²) < 4.78 is 0. The van der Waals surface area contributed by atoms with Crippen LogP contribution in [0.1, 0.15) is 50.5 Å². The van der Waals surface area contributed by atoms with Gasteiger partial charge >= 0.3 is 0 Å². The molecule has 0 aromatic carbocycles. The molecular weight excluding hydrogens is 308 g/mol. The molecule has 23 heavy (non-hydrogen) atoms. The maximum Gasteiger partial charge on any atom is 0.220 e. The fraction of sp³-hybridized carbons (Fsp3) is 0.722. The molecule has 1 saturated heterocycles. The molecule has 1 saturated carbocycles. The molecule has 2 N–H and O–H groups in total. The first-order valence-corrected chi connectivity index (χ1v) is 9.89. The van der Waals surface area contributed by atoms with Crippen LogP contribution in [0, 0.1) is 0 Å². The summed E-state index contributed by atoms with van der Waals surface area (Å²) in [6.07, 6.45) is 7.75. The van der Waals surface area contributed by atoms with Gasteiger partial charge in [-0.25, -0.2) is 0 Å². The van der Waals surface area contributed by atoms with Crippen molar-refractivity contribution in [2.24, 2.45) is 0 Å². The number of carbonyl (C=O) groups is 1. The minimum absolute atomic E-state index is 0.152. The molecule has 1 amide bonds. The lowest BCUT2D eigenvalue weighted by Crippen LogP contribution is -2.52. The maximum atomic E-state index is 12.1. The normalized spacial score (nSPS) is 27.0. The predicted molar refractivity (Wildman–Crippen MR) is 93.6 cm³/mol. The Morgan fingerprint density at radius 3 is 2.74 bits per heavy atom. The number of aryl methyl sites for hydroxylation is 1. The number of likely N-dealkylation sites (tertiary alicyclic amines) is 1. The Balaban J connectivity index is 1.37. The van der Waals surface area contributed by atoms with E-state index in [9.17, 15) is 9.90 Å². The summed E-state index contributed by atoms with van der Waals surface area (Å²) in [7, 11) is 0. The molecule has 4 nitrogen and oxygen atoms in total. The van der Waals surface area contributed by atoms with Gasteiger partial charge in [-0.15, -0.1) is 0 Å². The second-order valence-corrected chi connectivity index (χ2v) is 7.71. The minimum atomic E-state index is -0.152. The van der Waals surface area contributed by atoms with Gasteiger partial charge in [-0.2, -0.15) is 11.3 Å². The van der Waals surface area contributed by atoms with Crippen LogP contribution in [0.3, 0.4) is 0 Å². The Hall–Kier alpha value is -0.910. The predicted octanol–water partition coefficient (Wildman–Crippen LogP) is 2.56. The molecule has 2 atom stereocenters. The van der Waals surface area contributed by atoms with Crippen LogP contribution in [0.15, 0.2) is 16.8 Å². The first-order valence-electron chi connectivity index (χ1n) is 8.95. The average Bonchev–Trinajstić information content (AvgIpc) is 3.08. The summed E-state index contributed by atoms with van der Waals surface area (Å²) in [4.78, 5) is 14.5. The Labute approximate surface area is 142 Å². The van der Waals surface area contributed by atoms with E-state index in [0.717, 1.165) is 51.6 Å². The van der Waals surface area contributed by atoms with E-state index in [1.807, 2.05) is 0 Å². The number of aliphatic hydroxyl groups excluding tert-OH is 1. The van der Waals surface area contributed by atoms with E-state index >= 15 is 0 Å². The third kappa shape index (κ3) is 4.78. The molecular formula is C18H28N2O2S. The van der Waals surface area contributed by atoms with E-state index in [2.05, 4.69) is 27.0 Å². The van der Waals surface area contributed by atoms with Crippen molar-refractivity contribution in [3.63, 3.8) is 0 Å². The molecule has 2 unspecified atom stereocenters. The van der Waals surface area contributed by atoms with Crippen LogP contribution in [-0.2, 0) is 11.2 Å². The molecule has 1 aromatic heterocycles. The zero-order valence-corrected chi connectivity index (χ0v) is 14.6. The van der Waals surface area contributed by atoms with Gasteiger partial charge in [0.15, 0.2) is 0 Å². The first kappa shape index (κ1) is 16.9. The van der Waals surface area contributed by atoms with Gasteiger partial charge in [-0.05, 0) is 54.5 Å². The number of hydrogen-bond donors (Lipinski definition) is 2. The number of carbonyl (C=O) groups excluding carboxylic acids is 1. The summed E-state index contributed by atoms with van der Waals surface area (Å²) in [5, 5.41) is 17.5. The van der Waals surface area contributed by atoms with Gasteiger partial charge in [-0.3, -0.25) is 9.69 Å². The molecule has 5 heteroatoms. The Bertz CT molecular complexity index is 483. The lowest BCUT2D eigenvalue weighted by Gasteiger charge is -2.41. The SMILES string of the molecule is O=C(CCc1ccsc1)NC1CCN(C2CCCCC2O)CC1. The monoisotopic (exact) mass is 336 g/mol. The van der Waals surface area contributed by atoms with E-state index in [4.69, 9.17) is 0 Å². The minimum Gasteiger partial charge on any atom is -0.391 e. The zero-order chi connectivity index (χ0) is 16.1. The van der Waals surface area contributed by atoms with Gasteiger partial charge < -0.3 is 10.4 Å². The van der Waals surface area contributed by atoms with Crippen LogP contribution >= 0.6 is 11.3 Å². The van der Waals surface area contributed by atoms with Crippen LogP contribution in [0.25, 0.3) is 0 Å². The van der Waals surface area contributed by atoms with E-state index in [-0.39, 0.29) is 12.0 Å².